The molecule has 22 heavy (non-hydrogen) atoms. The van der Waals surface area contributed by atoms with Crippen LogP contribution in [0.25, 0.3) is 0 Å². The summed E-state index contributed by atoms with van der Waals surface area (Å²) in [5.74, 6) is -0.270. The maximum atomic E-state index is 12.0. The van der Waals surface area contributed by atoms with Crippen LogP contribution < -0.4 is 14.8 Å². The Kier molecular flexibility index (Phi) is 6.88. The number of ketones is 1. The van der Waals surface area contributed by atoms with Crippen LogP contribution in [0.3, 0.4) is 0 Å². The first-order valence-electron chi connectivity index (χ1n) is 6.63. The smallest absolute Gasteiger partial charge is 0.308 e. The van der Waals surface area contributed by atoms with Crippen molar-refractivity contribution < 1.29 is 28.6 Å². The highest BCUT2D eigenvalue weighted by Crippen LogP contribution is 2.24. The van der Waals surface area contributed by atoms with E-state index in [2.05, 4.69) is 5.32 Å². The van der Waals surface area contributed by atoms with Crippen molar-refractivity contribution in [2.45, 2.75) is 13.3 Å². The normalized spacial score (nSPS) is 9.77. The molecule has 0 bridgehead atoms. The third-order valence-electron chi connectivity index (χ3n) is 2.78. The summed E-state index contributed by atoms with van der Waals surface area (Å²) in [7, 11) is 2.94. The Labute approximate surface area is 128 Å². The van der Waals surface area contributed by atoms with E-state index in [1.807, 2.05) is 0 Å². The molecule has 0 fully saturated rings. The lowest BCUT2D eigenvalue weighted by molar-refractivity contribution is -0.142. The molecule has 0 aliphatic rings. The SMILES string of the molecule is COc1ccc(C(=O)COC(=O)CCNC(C)=O)c(OC)c1. The van der Waals surface area contributed by atoms with Gasteiger partial charge in [0, 0.05) is 19.5 Å². The van der Waals surface area contributed by atoms with Gasteiger partial charge >= 0.3 is 5.97 Å². The van der Waals surface area contributed by atoms with E-state index in [1.165, 1.54) is 21.1 Å². The number of carbonyl (C=O) groups is 3. The number of esters is 1. The minimum atomic E-state index is -0.561. The van der Waals surface area contributed by atoms with Gasteiger partial charge < -0.3 is 19.5 Å². The number of Topliss-reactive ketones (excluding diaryl/α,β-unsaturated/α-hetero) is 1. The van der Waals surface area contributed by atoms with Crippen LogP contribution in [0.1, 0.15) is 23.7 Å². The topological polar surface area (TPSA) is 90.9 Å². The predicted molar refractivity (Wildman–Crippen MR) is 78.1 cm³/mol. The van der Waals surface area contributed by atoms with Crippen molar-refractivity contribution >= 4 is 17.7 Å². The van der Waals surface area contributed by atoms with Crippen molar-refractivity contribution in [2.75, 3.05) is 27.4 Å². The second-order valence-corrected chi connectivity index (χ2v) is 4.38. The van der Waals surface area contributed by atoms with Gasteiger partial charge in [-0.1, -0.05) is 0 Å². The molecule has 0 aliphatic carbocycles. The monoisotopic (exact) mass is 309 g/mol. The van der Waals surface area contributed by atoms with Crippen molar-refractivity contribution in [1.29, 1.82) is 0 Å². The zero-order valence-corrected chi connectivity index (χ0v) is 12.8. The minimum absolute atomic E-state index is 0.00656. The van der Waals surface area contributed by atoms with E-state index in [9.17, 15) is 14.4 Å². The van der Waals surface area contributed by atoms with E-state index >= 15 is 0 Å². The Morgan fingerprint density at radius 1 is 1.14 bits per heavy atom. The maximum absolute atomic E-state index is 12.0. The lowest BCUT2D eigenvalue weighted by Crippen LogP contribution is -2.24. The van der Waals surface area contributed by atoms with E-state index in [0.29, 0.717) is 17.1 Å². The Hall–Kier alpha value is -2.57. The molecule has 0 saturated heterocycles. The van der Waals surface area contributed by atoms with Crippen molar-refractivity contribution in [3.05, 3.63) is 23.8 Å². The van der Waals surface area contributed by atoms with E-state index in [-0.39, 0.29) is 31.3 Å². The highest BCUT2D eigenvalue weighted by Gasteiger charge is 2.15. The Balaban J connectivity index is 2.55. The number of amides is 1. The summed E-state index contributed by atoms with van der Waals surface area (Å²) in [5, 5.41) is 2.47. The molecule has 0 spiro atoms. The highest BCUT2D eigenvalue weighted by atomic mass is 16.5. The second-order valence-electron chi connectivity index (χ2n) is 4.38. The van der Waals surface area contributed by atoms with E-state index in [0.717, 1.165) is 0 Å². The number of methoxy groups -OCH3 is 2. The molecule has 120 valence electrons. The molecule has 7 nitrogen and oxygen atoms in total. The van der Waals surface area contributed by atoms with Crippen LogP contribution in [-0.4, -0.2) is 45.0 Å². The molecule has 0 atom stereocenters. The first kappa shape index (κ1) is 17.5. The van der Waals surface area contributed by atoms with Crippen LogP contribution in [0.4, 0.5) is 0 Å². The fraction of sp³-hybridized carbons (Fsp3) is 0.400. The molecule has 0 aliphatic heterocycles. The van der Waals surface area contributed by atoms with E-state index in [4.69, 9.17) is 14.2 Å². The van der Waals surface area contributed by atoms with Gasteiger partial charge in [-0.25, -0.2) is 0 Å². The van der Waals surface area contributed by atoms with Gasteiger partial charge in [-0.2, -0.15) is 0 Å². The number of rotatable bonds is 8. The Bertz CT molecular complexity index is 555. The molecule has 0 saturated carbocycles. The number of carbonyl (C=O) groups excluding carboxylic acids is 3. The lowest BCUT2D eigenvalue weighted by Gasteiger charge is -2.10. The predicted octanol–water partition coefficient (Wildman–Crippen LogP) is 0.956. The second kappa shape index (κ2) is 8.66. The molecule has 1 aromatic carbocycles. The maximum Gasteiger partial charge on any atom is 0.308 e. The molecule has 7 heteroatoms. The largest absolute Gasteiger partial charge is 0.497 e. The van der Waals surface area contributed by atoms with Gasteiger partial charge in [-0.3, -0.25) is 14.4 Å². The number of ether oxygens (including phenoxy) is 3. The molecule has 1 aromatic rings. The zero-order chi connectivity index (χ0) is 16.5. The molecule has 0 heterocycles. The lowest BCUT2D eigenvalue weighted by atomic mass is 10.1. The third-order valence-corrected chi connectivity index (χ3v) is 2.78. The summed E-state index contributed by atoms with van der Waals surface area (Å²) in [6.07, 6.45) is 0.00656. The van der Waals surface area contributed by atoms with Crippen LogP contribution in [0.15, 0.2) is 18.2 Å². The summed E-state index contributed by atoms with van der Waals surface area (Å²) < 4.78 is 15.0. The van der Waals surface area contributed by atoms with Gasteiger partial charge in [0.05, 0.1) is 26.2 Å². The van der Waals surface area contributed by atoms with Gasteiger partial charge in [0.25, 0.3) is 0 Å². The fourth-order valence-electron chi connectivity index (χ4n) is 1.67. The van der Waals surface area contributed by atoms with Crippen LogP contribution >= 0.6 is 0 Å². The van der Waals surface area contributed by atoms with Gasteiger partial charge in [0.1, 0.15) is 11.5 Å². The van der Waals surface area contributed by atoms with Crippen LogP contribution in [-0.2, 0) is 14.3 Å². The van der Waals surface area contributed by atoms with E-state index < -0.39 is 5.97 Å². The quantitative estimate of drug-likeness (QED) is 0.568. The third kappa shape index (κ3) is 5.43. The summed E-state index contributed by atoms with van der Waals surface area (Å²) >= 11 is 0. The molecule has 0 aromatic heterocycles. The van der Waals surface area contributed by atoms with Crippen molar-refractivity contribution in [3.63, 3.8) is 0 Å². The summed E-state index contributed by atoms with van der Waals surface area (Å²) in [5.41, 5.74) is 0.304. The number of benzene rings is 1. The molecular weight excluding hydrogens is 290 g/mol. The standard InChI is InChI=1S/C15H19NO6/c1-10(17)16-7-6-15(19)22-9-13(18)12-5-4-11(20-2)8-14(12)21-3/h4-5,8H,6-7,9H2,1-3H3,(H,16,17). The van der Waals surface area contributed by atoms with Gasteiger partial charge in [-0.05, 0) is 12.1 Å². The zero-order valence-electron chi connectivity index (χ0n) is 12.8. The van der Waals surface area contributed by atoms with Gasteiger partial charge in [0.2, 0.25) is 11.7 Å². The average molecular weight is 309 g/mol. The van der Waals surface area contributed by atoms with Gasteiger partial charge in [0.15, 0.2) is 6.61 Å². The molecule has 1 amide bonds. The molecule has 1 N–H and O–H groups in total. The van der Waals surface area contributed by atoms with Crippen molar-refractivity contribution in [2.24, 2.45) is 0 Å². The summed E-state index contributed by atoms with van der Waals surface area (Å²) in [6.45, 7) is 1.14. The number of hydrogen-bond acceptors (Lipinski definition) is 6. The van der Waals surface area contributed by atoms with Gasteiger partial charge in [-0.15, -0.1) is 0 Å². The molecule has 0 radical (unpaired) electrons. The van der Waals surface area contributed by atoms with Crippen LogP contribution in [0.2, 0.25) is 0 Å². The van der Waals surface area contributed by atoms with Crippen LogP contribution in [0, 0.1) is 0 Å². The minimum Gasteiger partial charge on any atom is -0.497 e. The van der Waals surface area contributed by atoms with Crippen molar-refractivity contribution in [1.82, 2.24) is 5.32 Å². The number of nitrogens with one attached hydrogen (secondary N) is 1. The Morgan fingerprint density at radius 2 is 1.86 bits per heavy atom. The fourth-order valence-corrected chi connectivity index (χ4v) is 1.67. The summed E-state index contributed by atoms with van der Waals surface area (Å²) in [6, 6.07) is 4.74. The first-order valence-corrected chi connectivity index (χ1v) is 6.63. The average Bonchev–Trinajstić information content (AvgIpc) is 2.51. The highest BCUT2D eigenvalue weighted by molar-refractivity contribution is 6.00. The van der Waals surface area contributed by atoms with Crippen LogP contribution in [0.5, 0.6) is 11.5 Å². The molecule has 1 rings (SSSR count). The van der Waals surface area contributed by atoms with E-state index in [1.54, 1.807) is 18.2 Å². The molecule has 0 unspecified atom stereocenters. The Morgan fingerprint density at radius 3 is 2.45 bits per heavy atom. The first-order chi connectivity index (χ1) is 10.5. The summed E-state index contributed by atoms with van der Waals surface area (Å²) in [4.78, 5) is 34.1. The van der Waals surface area contributed by atoms with Crippen molar-refractivity contribution in [3.8, 4) is 11.5 Å². The number of hydrogen-bond donors (Lipinski definition) is 1. The molecular formula is C15H19NO6.